The van der Waals surface area contributed by atoms with Crippen molar-refractivity contribution < 1.29 is 20.4 Å². The van der Waals surface area contributed by atoms with Crippen molar-refractivity contribution in [2.45, 2.75) is 19.5 Å². The molecule has 3 aromatic carbocycles. The fraction of sp³-hybridized carbons (Fsp3) is 0.125. The SMILES string of the molecule is [2H]C(N)c1cccc(-c2cc(COc3ccccc3CC(=O)O)cc3ccoc23)c1. The number of carbonyl (C=O) groups is 1. The van der Waals surface area contributed by atoms with Crippen LogP contribution in [0.15, 0.2) is 77.4 Å². The quantitative estimate of drug-likeness (QED) is 0.476. The Bertz CT molecular complexity index is 1200. The van der Waals surface area contributed by atoms with E-state index < -0.39 is 12.5 Å². The minimum atomic E-state index is -0.902. The molecule has 0 aliphatic carbocycles. The summed E-state index contributed by atoms with van der Waals surface area (Å²) in [6.07, 6.45) is 1.55. The van der Waals surface area contributed by atoms with Crippen LogP contribution in [-0.4, -0.2) is 11.1 Å². The summed E-state index contributed by atoms with van der Waals surface area (Å²) in [5.41, 5.74) is 10.5. The Kier molecular flexibility index (Phi) is 4.96. The highest BCUT2D eigenvalue weighted by Crippen LogP contribution is 2.32. The van der Waals surface area contributed by atoms with Gasteiger partial charge in [0.2, 0.25) is 0 Å². The number of benzene rings is 3. The van der Waals surface area contributed by atoms with Gasteiger partial charge in [-0.3, -0.25) is 4.79 Å². The maximum atomic E-state index is 11.1. The molecule has 0 fully saturated rings. The number of hydrogen-bond donors (Lipinski definition) is 2. The molecule has 0 radical (unpaired) electrons. The number of carboxylic acid groups (broad SMARTS) is 1. The summed E-state index contributed by atoms with van der Waals surface area (Å²) < 4.78 is 19.4. The standard InChI is InChI=1S/C24H21NO4/c25-14-16-4-3-6-18(10-16)21-12-17(11-20-8-9-28-24(20)21)15-29-22-7-2-1-5-19(22)13-23(26)27/h1-12H,13-15,25H2,(H,26,27)/i14D. The number of fused-ring (bicyclic) bond motifs is 1. The molecule has 1 aromatic heterocycles. The van der Waals surface area contributed by atoms with Gasteiger partial charge in [0.1, 0.15) is 17.9 Å². The van der Waals surface area contributed by atoms with E-state index >= 15 is 0 Å². The largest absolute Gasteiger partial charge is 0.489 e. The average Bonchev–Trinajstić information content (AvgIpc) is 3.21. The summed E-state index contributed by atoms with van der Waals surface area (Å²) >= 11 is 0. The number of furan rings is 1. The number of aliphatic carboxylic acids is 1. The highest BCUT2D eigenvalue weighted by Gasteiger charge is 2.12. The number of para-hydroxylation sites is 1. The highest BCUT2D eigenvalue weighted by molar-refractivity contribution is 5.93. The summed E-state index contributed by atoms with van der Waals surface area (Å²) in [6, 6.07) is 20.6. The first-order valence-electron chi connectivity index (χ1n) is 9.80. The van der Waals surface area contributed by atoms with Crippen LogP contribution in [0.4, 0.5) is 0 Å². The van der Waals surface area contributed by atoms with Crippen LogP contribution < -0.4 is 10.5 Å². The molecule has 1 heterocycles. The van der Waals surface area contributed by atoms with Crippen LogP contribution >= 0.6 is 0 Å². The van der Waals surface area contributed by atoms with Gasteiger partial charge in [0.15, 0.2) is 0 Å². The van der Waals surface area contributed by atoms with Crippen molar-refractivity contribution in [1.29, 1.82) is 0 Å². The molecule has 5 heteroatoms. The van der Waals surface area contributed by atoms with E-state index in [-0.39, 0.29) is 13.0 Å². The van der Waals surface area contributed by atoms with Gasteiger partial charge in [-0.1, -0.05) is 36.4 Å². The van der Waals surface area contributed by atoms with Gasteiger partial charge in [-0.2, -0.15) is 0 Å². The Morgan fingerprint density at radius 2 is 1.93 bits per heavy atom. The third kappa shape index (κ3) is 4.15. The molecule has 0 saturated carbocycles. The number of nitrogens with two attached hydrogens (primary N) is 1. The zero-order valence-electron chi connectivity index (χ0n) is 16.7. The van der Waals surface area contributed by atoms with Gasteiger partial charge in [0.05, 0.1) is 12.7 Å². The van der Waals surface area contributed by atoms with Crippen molar-refractivity contribution >= 4 is 16.9 Å². The van der Waals surface area contributed by atoms with Gasteiger partial charge in [-0.05, 0) is 47.0 Å². The summed E-state index contributed by atoms with van der Waals surface area (Å²) in [5, 5.41) is 10.0. The number of carboxylic acids is 1. The first kappa shape index (κ1) is 17.5. The van der Waals surface area contributed by atoms with E-state index in [1.807, 2.05) is 48.5 Å². The molecule has 0 spiro atoms. The molecule has 0 saturated heterocycles. The molecule has 4 aromatic rings. The van der Waals surface area contributed by atoms with E-state index in [9.17, 15) is 4.79 Å². The van der Waals surface area contributed by atoms with Crippen LogP contribution in [-0.2, 0) is 24.3 Å². The first-order valence-corrected chi connectivity index (χ1v) is 9.22. The lowest BCUT2D eigenvalue weighted by Gasteiger charge is -2.12. The van der Waals surface area contributed by atoms with Crippen LogP contribution in [0.3, 0.4) is 0 Å². The van der Waals surface area contributed by atoms with Crippen LogP contribution in [0.1, 0.15) is 18.1 Å². The molecular formula is C24H21NO4. The zero-order chi connectivity index (χ0) is 21.1. The van der Waals surface area contributed by atoms with Crippen molar-refractivity contribution in [3.63, 3.8) is 0 Å². The average molecular weight is 388 g/mol. The lowest BCUT2D eigenvalue weighted by Crippen LogP contribution is -2.04. The van der Waals surface area contributed by atoms with Gasteiger partial charge in [-0.25, -0.2) is 0 Å². The Labute approximate surface area is 169 Å². The molecule has 1 unspecified atom stereocenters. The van der Waals surface area contributed by atoms with Crippen molar-refractivity contribution in [2.24, 2.45) is 5.73 Å². The molecule has 0 aliphatic heterocycles. The van der Waals surface area contributed by atoms with Gasteiger partial charge in [0, 0.05) is 24.4 Å². The Balaban J connectivity index is 1.67. The molecule has 146 valence electrons. The maximum absolute atomic E-state index is 11.1. The minimum Gasteiger partial charge on any atom is -0.489 e. The molecule has 5 nitrogen and oxygen atoms in total. The lowest BCUT2D eigenvalue weighted by atomic mass is 9.99. The van der Waals surface area contributed by atoms with Crippen LogP contribution in [0.5, 0.6) is 5.75 Å². The van der Waals surface area contributed by atoms with Gasteiger partial charge in [0.25, 0.3) is 0 Å². The van der Waals surface area contributed by atoms with Crippen LogP contribution in [0.25, 0.3) is 22.1 Å². The molecule has 0 amide bonds. The Hall–Kier alpha value is -3.57. The second-order valence-electron chi connectivity index (χ2n) is 6.74. The Morgan fingerprint density at radius 3 is 2.76 bits per heavy atom. The second-order valence-corrected chi connectivity index (χ2v) is 6.74. The minimum absolute atomic E-state index is 0.0949. The molecule has 4 rings (SSSR count). The van der Waals surface area contributed by atoms with Crippen molar-refractivity contribution in [3.8, 4) is 16.9 Å². The van der Waals surface area contributed by atoms with Crippen molar-refractivity contribution in [3.05, 3.63) is 89.7 Å². The smallest absolute Gasteiger partial charge is 0.307 e. The Morgan fingerprint density at radius 1 is 1.07 bits per heavy atom. The topological polar surface area (TPSA) is 85.7 Å². The molecular weight excluding hydrogens is 366 g/mol. The van der Waals surface area contributed by atoms with E-state index in [1.54, 1.807) is 24.5 Å². The lowest BCUT2D eigenvalue weighted by molar-refractivity contribution is -0.136. The molecule has 3 N–H and O–H groups in total. The maximum Gasteiger partial charge on any atom is 0.307 e. The van der Waals surface area contributed by atoms with Crippen LogP contribution in [0, 0.1) is 0 Å². The predicted molar refractivity (Wildman–Crippen MR) is 112 cm³/mol. The van der Waals surface area contributed by atoms with Crippen LogP contribution in [0.2, 0.25) is 0 Å². The van der Waals surface area contributed by atoms with E-state index in [0.717, 1.165) is 33.2 Å². The first-order chi connectivity index (χ1) is 14.5. The van der Waals surface area contributed by atoms with E-state index in [2.05, 4.69) is 0 Å². The normalized spacial score (nSPS) is 12.5. The second kappa shape index (κ2) is 8.20. The zero-order valence-corrected chi connectivity index (χ0v) is 15.7. The number of hydrogen-bond acceptors (Lipinski definition) is 4. The highest BCUT2D eigenvalue weighted by atomic mass is 16.5. The fourth-order valence-corrected chi connectivity index (χ4v) is 3.37. The molecule has 0 bridgehead atoms. The van der Waals surface area contributed by atoms with Gasteiger partial charge >= 0.3 is 5.97 Å². The number of rotatable bonds is 7. The summed E-state index contributed by atoms with van der Waals surface area (Å²) in [7, 11) is 0. The van der Waals surface area contributed by atoms with Crippen molar-refractivity contribution in [1.82, 2.24) is 0 Å². The number of ether oxygens (including phenoxy) is 1. The van der Waals surface area contributed by atoms with Gasteiger partial charge < -0.3 is 20.0 Å². The van der Waals surface area contributed by atoms with E-state index in [4.69, 9.17) is 21.4 Å². The predicted octanol–water partition coefficient (Wildman–Crippen LogP) is 4.76. The van der Waals surface area contributed by atoms with E-state index in [0.29, 0.717) is 11.3 Å². The fourth-order valence-electron chi connectivity index (χ4n) is 3.37. The molecule has 29 heavy (non-hydrogen) atoms. The monoisotopic (exact) mass is 388 g/mol. The third-order valence-electron chi connectivity index (χ3n) is 4.71. The van der Waals surface area contributed by atoms with Crippen molar-refractivity contribution in [2.75, 3.05) is 0 Å². The summed E-state index contributed by atoms with van der Waals surface area (Å²) in [6.45, 7) is -0.531. The van der Waals surface area contributed by atoms with Gasteiger partial charge in [-0.15, -0.1) is 0 Å². The molecule has 1 atom stereocenters. The molecule has 0 aliphatic rings. The summed E-state index contributed by atoms with van der Waals surface area (Å²) in [5.74, 6) is -0.350. The van der Waals surface area contributed by atoms with E-state index in [1.165, 1.54) is 0 Å². The summed E-state index contributed by atoms with van der Waals surface area (Å²) in [4.78, 5) is 11.1. The third-order valence-corrected chi connectivity index (χ3v) is 4.71.